The van der Waals surface area contributed by atoms with Crippen LogP contribution in [0.3, 0.4) is 0 Å². The normalized spacial score (nSPS) is 18.0. The van der Waals surface area contributed by atoms with Gasteiger partial charge in [-0.25, -0.2) is 9.37 Å². The van der Waals surface area contributed by atoms with E-state index in [2.05, 4.69) is 4.98 Å². The van der Waals surface area contributed by atoms with Gasteiger partial charge in [-0.05, 0) is 48.4 Å². The fraction of sp³-hybridized carbons (Fsp3) is 0.174. The second-order valence-corrected chi connectivity index (χ2v) is 7.64. The molecule has 1 aliphatic rings. The van der Waals surface area contributed by atoms with Gasteiger partial charge in [-0.1, -0.05) is 23.7 Å². The molecule has 158 valence electrons. The highest BCUT2D eigenvalue weighted by atomic mass is 35.5. The van der Waals surface area contributed by atoms with Crippen molar-refractivity contribution in [2.24, 2.45) is 0 Å². The molecule has 0 bridgehead atoms. The number of Topliss-reactive ketones (excluding diaryl/α,β-unsaturated/α-hetero) is 1. The number of carbonyl (C=O) groups is 2. The van der Waals surface area contributed by atoms with Crippen LogP contribution in [0.4, 0.5) is 4.39 Å². The van der Waals surface area contributed by atoms with Crippen LogP contribution >= 0.6 is 11.6 Å². The van der Waals surface area contributed by atoms with Gasteiger partial charge in [-0.15, -0.1) is 0 Å². The first-order valence-electron chi connectivity index (χ1n) is 9.71. The summed E-state index contributed by atoms with van der Waals surface area (Å²) in [7, 11) is 0. The van der Waals surface area contributed by atoms with Crippen LogP contribution in [0.25, 0.3) is 5.76 Å². The number of hydrogen-bond donors (Lipinski definition) is 1. The number of aryl methyl sites for hydroxylation is 1. The van der Waals surface area contributed by atoms with Gasteiger partial charge >= 0.3 is 0 Å². The summed E-state index contributed by atoms with van der Waals surface area (Å²) in [6.45, 7) is 0.845. The lowest BCUT2D eigenvalue weighted by atomic mass is 9.95. The summed E-state index contributed by atoms with van der Waals surface area (Å²) in [5.41, 5.74) is 0.695. The van der Waals surface area contributed by atoms with E-state index in [1.807, 2.05) is 4.57 Å². The number of aromatic nitrogens is 2. The highest BCUT2D eigenvalue weighted by Crippen LogP contribution is 2.39. The van der Waals surface area contributed by atoms with Crippen LogP contribution in [0.5, 0.6) is 0 Å². The van der Waals surface area contributed by atoms with Gasteiger partial charge in [0.25, 0.3) is 11.7 Å². The molecule has 3 aromatic rings. The Morgan fingerprint density at radius 3 is 2.58 bits per heavy atom. The van der Waals surface area contributed by atoms with Crippen molar-refractivity contribution in [3.63, 3.8) is 0 Å². The summed E-state index contributed by atoms with van der Waals surface area (Å²) >= 11 is 5.92. The Bertz CT molecular complexity index is 1140. The van der Waals surface area contributed by atoms with E-state index in [9.17, 15) is 19.1 Å². The summed E-state index contributed by atoms with van der Waals surface area (Å²) in [5.74, 6) is -2.34. The third-order valence-corrected chi connectivity index (χ3v) is 5.45. The van der Waals surface area contributed by atoms with Gasteiger partial charge in [0, 0.05) is 36.1 Å². The average molecular weight is 440 g/mol. The van der Waals surface area contributed by atoms with Gasteiger partial charge in [0.1, 0.15) is 11.6 Å². The molecule has 1 aromatic heterocycles. The number of nitrogens with zero attached hydrogens (tertiary/aromatic N) is 3. The molecular weight excluding hydrogens is 421 g/mol. The molecule has 2 aromatic carbocycles. The van der Waals surface area contributed by atoms with Crippen molar-refractivity contribution in [1.82, 2.24) is 14.5 Å². The van der Waals surface area contributed by atoms with Crippen LogP contribution in [0.1, 0.15) is 23.6 Å². The number of benzene rings is 2. The van der Waals surface area contributed by atoms with Crippen LogP contribution in [0.15, 0.2) is 72.8 Å². The molecule has 8 heteroatoms. The molecule has 2 heterocycles. The van der Waals surface area contributed by atoms with Gasteiger partial charge in [0.05, 0.1) is 17.9 Å². The van der Waals surface area contributed by atoms with Crippen molar-refractivity contribution in [2.75, 3.05) is 6.54 Å². The van der Waals surface area contributed by atoms with Crippen LogP contribution in [-0.4, -0.2) is 37.8 Å². The molecule has 1 aliphatic heterocycles. The molecule has 6 nitrogen and oxygen atoms in total. The Morgan fingerprint density at radius 1 is 1.13 bits per heavy atom. The van der Waals surface area contributed by atoms with Crippen LogP contribution in [0, 0.1) is 5.82 Å². The lowest BCUT2D eigenvalue weighted by Crippen LogP contribution is -2.31. The Labute approximate surface area is 183 Å². The summed E-state index contributed by atoms with van der Waals surface area (Å²) < 4.78 is 15.8. The minimum absolute atomic E-state index is 0.0689. The zero-order chi connectivity index (χ0) is 22.0. The van der Waals surface area contributed by atoms with E-state index in [0.29, 0.717) is 29.1 Å². The Hall–Kier alpha value is -3.45. The molecule has 31 heavy (non-hydrogen) atoms. The minimum atomic E-state index is -0.894. The molecule has 0 saturated carbocycles. The van der Waals surface area contributed by atoms with E-state index in [4.69, 9.17) is 11.6 Å². The summed E-state index contributed by atoms with van der Waals surface area (Å²) in [4.78, 5) is 31.1. The lowest BCUT2D eigenvalue weighted by molar-refractivity contribution is -0.139. The zero-order valence-electron chi connectivity index (χ0n) is 16.4. The van der Waals surface area contributed by atoms with E-state index in [1.54, 1.807) is 49.1 Å². The Kier molecular flexibility index (Phi) is 5.86. The number of aliphatic hydroxyl groups is 1. The monoisotopic (exact) mass is 439 g/mol. The SMILES string of the molecule is O=C1C(=O)N(CCCn2ccnc2)[C@@H](c2cccc(F)c2)C1=C(O)c1ccc(Cl)cc1. The van der Waals surface area contributed by atoms with Gasteiger partial charge in [0.2, 0.25) is 0 Å². The van der Waals surface area contributed by atoms with Crippen LogP contribution in [-0.2, 0) is 16.1 Å². The van der Waals surface area contributed by atoms with Crippen molar-refractivity contribution in [2.45, 2.75) is 19.0 Å². The summed E-state index contributed by atoms with van der Waals surface area (Å²) in [5, 5.41) is 11.4. The number of amides is 1. The van der Waals surface area contributed by atoms with Crippen molar-refractivity contribution >= 4 is 29.1 Å². The van der Waals surface area contributed by atoms with E-state index in [-0.39, 0.29) is 17.9 Å². The fourth-order valence-corrected chi connectivity index (χ4v) is 3.87. The fourth-order valence-electron chi connectivity index (χ4n) is 3.74. The molecule has 1 saturated heterocycles. The van der Waals surface area contributed by atoms with Gasteiger partial charge in [-0.2, -0.15) is 0 Å². The van der Waals surface area contributed by atoms with E-state index < -0.39 is 23.5 Å². The number of carbonyl (C=O) groups excluding carboxylic acids is 2. The third-order valence-electron chi connectivity index (χ3n) is 5.20. The molecule has 0 spiro atoms. The largest absolute Gasteiger partial charge is 0.507 e. The summed E-state index contributed by atoms with van der Waals surface area (Å²) in [6.07, 6.45) is 5.68. The number of aliphatic hydroxyl groups excluding tert-OH is 1. The molecule has 0 radical (unpaired) electrons. The number of rotatable bonds is 6. The molecule has 1 N–H and O–H groups in total. The van der Waals surface area contributed by atoms with Crippen molar-refractivity contribution in [1.29, 1.82) is 0 Å². The Morgan fingerprint density at radius 2 is 1.90 bits per heavy atom. The minimum Gasteiger partial charge on any atom is -0.507 e. The molecule has 0 aliphatic carbocycles. The molecule has 1 amide bonds. The quantitative estimate of drug-likeness (QED) is 0.355. The van der Waals surface area contributed by atoms with Gasteiger partial charge in [-0.3, -0.25) is 9.59 Å². The highest BCUT2D eigenvalue weighted by Gasteiger charge is 2.45. The number of halogens is 2. The van der Waals surface area contributed by atoms with Gasteiger partial charge < -0.3 is 14.6 Å². The predicted octanol–water partition coefficient (Wildman–Crippen LogP) is 4.19. The van der Waals surface area contributed by atoms with Crippen molar-refractivity contribution < 1.29 is 19.1 Å². The first kappa shape index (κ1) is 20.8. The topological polar surface area (TPSA) is 75.4 Å². The number of hydrogen-bond acceptors (Lipinski definition) is 4. The average Bonchev–Trinajstić information content (AvgIpc) is 3.36. The highest BCUT2D eigenvalue weighted by molar-refractivity contribution is 6.46. The first-order chi connectivity index (χ1) is 15.0. The predicted molar refractivity (Wildman–Crippen MR) is 114 cm³/mol. The number of ketones is 1. The van der Waals surface area contributed by atoms with E-state index in [1.165, 1.54) is 23.1 Å². The summed E-state index contributed by atoms with van der Waals surface area (Å²) in [6, 6.07) is 11.1. The van der Waals surface area contributed by atoms with E-state index in [0.717, 1.165) is 0 Å². The second kappa shape index (κ2) is 8.73. The maximum atomic E-state index is 14.0. The zero-order valence-corrected chi connectivity index (χ0v) is 17.2. The van der Waals surface area contributed by atoms with E-state index >= 15 is 0 Å². The molecule has 0 unspecified atom stereocenters. The van der Waals surface area contributed by atoms with Crippen molar-refractivity contribution in [3.8, 4) is 0 Å². The molecular formula is C23H19ClFN3O3. The van der Waals surface area contributed by atoms with Crippen LogP contribution in [0.2, 0.25) is 5.02 Å². The second-order valence-electron chi connectivity index (χ2n) is 7.21. The maximum absolute atomic E-state index is 14.0. The standard InChI is InChI=1S/C23H19ClFN3O3/c24-17-7-5-15(6-8-17)21(29)19-20(16-3-1-4-18(25)13-16)28(23(31)22(19)30)11-2-10-27-12-9-26-14-27/h1,3-9,12-14,20,29H,2,10-11H2/t20-/m0/s1. The third kappa shape index (κ3) is 4.22. The number of imidazole rings is 1. The molecule has 1 atom stereocenters. The Balaban J connectivity index is 1.73. The smallest absolute Gasteiger partial charge is 0.295 e. The van der Waals surface area contributed by atoms with Crippen LogP contribution < -0.4 is 0 Å². The molecule has 4 rings (SSSR count). The first-order valence-corrected chi connectivity index (χ1v) is 10.1. The number of likely N-dealkylation sites (tertiary alicyclic amines) is 1. The lowest BCUT2D eigenvalue weighted by Gasteiger charge is -2.25. The van der Waals surface area contributed by atoms with Crippen molar-refractivity contribution in [3.05, 3.63) is 94.8 Å². The molecule has 1 fully saturated rings. The van der Waals surface area contributed by atoms with Gasteiger partial charge in [0.15, 0.2) is 0 Å². The maximum Gasteiger partial charge on any atom is 0.295 e.